The molecule has 1 atom stereocenters. The third-order valence-corrected chi connectivity index (χ3v) is 4.98. The van der Waals surface area contributed by atoms with Crippen molar-refractivity contribution < 1.29 is 19.1 Å². The minimum Gasteiger partial charge on any atom is -0.441 e. The van der Waals surface area contributed by atoms with Crippen LogP contribution in [0.4, 0.5) is 4.79 Å². The summed E-state index contributed by atoms with van der Waals surface area (Å²) in [6, 6.07) is 0.194. The van der Waals surface area contributed by atoms with Gasteiger partial charge in [-0.05, 0) is 13.3 Å². The summed E-state index contributed by atoms with van der Waals surface area (Å²) >= 11 is 0. The summed E-state index contributed by atoms with van der Waals surface area (Å²) in [7, 11) is 0. The Morgan fingerprint density at radius 2 is 2.00 bits per heavy atom. The van der Waals surface area contributed by atoms with Gasteiger partial charge >= 0.3 is 6.09 Å². The highest BCUT2D eigenvalue weighted by molar-refractivity contribution is 5.78. The molecule has 7 nitrogen and oxygen atoms in total. The number of nitrogens with one attached hydrogen (secondary N) is 1. The second-order valence-corrected chi connectivity index (χ2v) is 6.93. The van der Waals surface area contributed by atoms with Crippen LogP contribution in [0.25, 0.3) is 0 Å². The first-order chi connectivity index (χ1) is 11.4. The number of hydrogen-bond donors (Lipinski definition) is 1. The maximum Gasteiger partial charge on any atom is 0.410 e. The minimum atomic E-state index is -0.437. The lowest BCUT2D eigenvalue weighted by atomic mass is 9.90. The molecule has 2 rings (SSSR count). The maximum absolute atomic E-state index is 12.2. The van der Waals surface area contributed by atoms with Crippen molar-refractivity contribution in [3.63, 3.8) is 0 Å². The average Bonchev–Trinajstić information content (AvgIpc) is 2.84. The van der Waals surface area contributed by atoms with Crippen LogP contribution in [0.2, 0.25) is 0 Å². The van der Waals surface area contributed by atoms with E-state index in [1.807, 2.05) is 4.90 Å². The van der Waals surface area contributed by atoms with Crippen molar-refractivity contribution in [2.75, 3.05) is 26.2 Å². The van der Waals surface area contributed by atoms with Crippen LogP contribution in [0.1, 0.15) is 52.9 Å². The number of ether oxygens (including phenoxy) is 1. The fraction of sp³-hybridized carbons (Fsp3) is 0.824. The third-order valence-electron chi connectivity index (χ3n) is 4.98. The van der Waals surface area contributed by atoms with E-state index in [9.17, 15) is 14.4 Å². The van der Waals surface area contributed by atoms with Gasteiger partial charge in [0.2, 0.25) is 11.8 Å². The number of carbonyl (C=O) groups is 3. The van der Waals surface area contributed by atoms with Gasteiger partial charge in [0.05, 0.1) is 6.54 Å². The lowest BCUT2D eigenvalue weighted by Crippen LogP contribution is -2.49. The van der Waals surface area contributed by atoms with Gasteiger partial charge in [-0.1, -0.05) is 13.3 Å². The van der Waals surface area contributed by atoms with E-state index in [1.165, 1.54) is 6.92 Å². The van der Waals surface area contributed by atoms with Gasteiger partial charge in [-0.3, -0.25) is 9.59 Å². The van der Waals surface area contributed by atoms with Crippen molar-refractivity contribution >= 4 is 17.9 Å². The first-order valence-corrected chi connectivity index (χ1v) is 8.89. The lowest BCUT2D eigenvalue weighted by molar-refractivity contribution is -0.134. The molecule has 0 saturated carbocycles. The van der Waals surface area contributed by atoms with Crippen LogP contribution in [0, 0.1) is 0 Å². The van der Waals surface area contributed by atoms with E-state index in [-0.39, 0.29) is 23.9 Å². The van der Waals surface area contributed by atoms with Crippen LogP contribution < -0.4 is 5.32 Å². The summed E-state index contributed by atoms with van der Waals surface area (Å²) < 4.78 is 5.70. The topological polar surface area (TPSA) is 78.9 Å². The zero-order chi connectivity index (χ0) is 17.7. The molecular formula is C17H29N3O4. The summed E-state index contributed by atoms with van der Waals surface area (Å²) in [6.07, 6.45) is 3.46. The number of carbonyl (C=O) groups excluding carboxylic acids is 3. The van der Waals surface area contributed by atoms with E-state index < -0.39 is 5.60 Å². The predicted octanol–water partition coefficient (Wildman–Crippen LogP) is 1.51. The Morgan fingerprint density at radius 3 is 2.58 bits per heavy atom. The highest BCUT2D eigenvalue weighted by Gasteiger charge is 2.48. The molecule has 2 heterocycles. The average molecular weight is 339 g/mol. The van der Waals surface area contributed by atoms with Crippen molar-refractivity contribution in [1.82, 2.24) is 15.1 Å². The molecule has 0 aromatic carbocycles. The van der Waals surface area contributed by atoms with Crippen LogP contribution in [0.15, 0.2) is 0 Å². The largest absolute Gasteiger partial charge is 0.441 e. The number of amides is 3. The van der Waals surface area contributed by atoms with Crippen molar-refractivity contribution in [3.8, 4) is 0 Å². The molecule has 7 heteroatoms. The van der Waals surface area contributed by atoms with Gasteiger partial charge < -0.3 is 19.9 Å². The summed E-state index contributed by atoms with van der Waals surface area (Å²) in [5, 5.41) is 2.64. The van der Waals surface area contributed by atoms with Crippen molar-refractivity contribution in [2.45, 2.75) is 64.5 Å². The van der Waals surface area contributed by atoms with E-state index in [4.69, 9.17) is 4.74 Å². The van der Waals surface area contributed by atoms with E-state index >= 15 is 0 Å². The molecule has 2 aliphatic heterocycles. The number of hydrogen-bond acceptors (Lipinski definition) is 4. The SMILES string of the molecule is CCCC(C)N1CC2(CCN(C(=O)CCNC(C)=O)CC2)OC1=O. The fourth-order valence-electron chi connectivity index (χ4n) is 3.49. The molecule has 2 fully saturated rings. The zero-order valence-corrected chi connectivity index (χ0v) is 15.0. The molecule has 0 aliphatic carbocycles. The van der Waals surface area contributed by atoms with Gasteiger partial charge in [0.15, 0.2) is 0 Å². The molecule has 0 bridgehead atoms. The van der Waals surface area contributed by atoms with Crippen molar-refractivity contribution in [1.29, 1.82) is 0 Å². The van der Waals surface area contributed by atoms with Gasteiger partial charge in [-0.25, -0.2) is 4.79 Å². The predicted molar refractivity (Wildman–Crippen MR) is 89.4 cm³/mol. The molecule has 2 aliphatic rings. The molecule has 0 aromatic heterocycles. The van der Waals surface area contributed by atoms with Gasteiger partial charge in [0.25, 0.3) is 0 Å². The monoisotopic (exact) mass is 339 g/mol. The Hall–Kier alpha value is -1.79. The van der Waals surface area contributed by atoms with Crippen LogP contribution >= 0.6 is 0 Å². The van der Waals surface area contributed by atoms with E-state index in [0.717, 1.165) is 12.8 Å². The molecule has 1 N–H and O–H groups in total. The molecule has 136 valence electrons. The smallest absolute Gasteiger partial charge is 0.410 e. The number of rotatable bonds is 6. The Labute approximate surface area is 143 Å². The molecule has 24 heavy (non-hydrogen) atoms. The summed E-state index contributed by atoms with van der Waals surface area (Å²) in [4.78, 5) is 38.8. The Morgan fingerprint density at radius 1 is 1.33 bits per heavy atom. The number of piperidine rings is 1. The maximum atomic E-state index is 12.2. The van der Waals surface area contributed by atoms with Gasteiger partial charge in [-0.2, -0.15) is 0 Å². The molecule has 1 unspecified atom stereocenters. The second kappa shape index (κ2) is 7.85. The van der Waals surface area contributed by atoms with E-state index in [2.05, 4.69) is 19.2 Å². The van der Waals surface area contributed by atoms with Gasteiger partial charge in [0.1, 0.15) is 5.60 Å². The lowest BCUT2D eigenvalue weighted by Gasteiger charge is -2.37. The van der Waals surface area contributed by atoms with E-state index in [0.29, 0.717) is 45.4 Å². The highest BCUT2D eigenvalue weighted by atomic mass is 16.6. The van der Waals surface area contributed by atoms with Gasteiger partial charge in [0, 0.05) is 51.9 Å². The Bertz CT molecular complexity index is 486. The van der Waals surface area contributed by atoms with Crippen molar-refractivity contribution in [2.24, 2.45) is 0 Å². The number of nitrogens with zero attached hydrogens (tertiary/aromatic N) is 2. The molecule has 3 amide bonds. The summed E-state index contributed by atoms with van der Waals surface area (Å²) in [5.74, 6) is -0.0845. The highest BCUT2D eigenvalue weighted by Crippen LogP contribution is 2.34. The standard InChI is InChI=1S/C17H29N3O4/c1-4-5-13(2)20-12-17(24-16(20)23)7-10-19(11-8-17)15(22)6-9-18-14(3)21/h13H,4-12H2,1-3H3,(H,18,21). The Balaban J connectivity index is 1.83. The fourth-order valence-corrected chi connectivity index (χ4v) is 3.49. The molecule has 0 radical (unpaired) electrons. The minimum absolute atomic E-state index is 0.0409. The van der Waals surface area contributed by atoms with Crippen LogP contribution in [-0.2, 0) is 14.3 Å². The first kappa shape index (κ1) is 18.5. The van der Waals surface area contributed by atoms with Crippen LogP contribution in [0.5, 0.6) is 0 Å². The van der Waals surface area contributed by atoms with Crippen LogP contribution in [-0.4, -0.2) is 65.5 Å². The molecule has 1 spiro atoms. The number of likely N-dealkylation sites (tertiary alicyclic amines) is 1. The normalized spacial score (nSPS) is 20.9. The quantitative estimate of drug-likeness (QED) is 0.796. The van der Waals surface area contributed by atoms with E-state index in [1.54, 1.807) is 4.90 Å². The summed E-state index contributed by atoms with van der Waals surface area (Å²) in [5.41, 5.74) is -0.437. The second-order valence-electron chi connectivity index (χ2n) is 6.93. The molecule has 0 aromatic rings. The zero-order valence-electron chi connectivity index (χ0n) is 15.0. The molecular weight excluding hydrogens is 310 g/mol. The molecule has 2 saturated heterocycles. The third kappa shape index (κ3) is 4.39. The van der Waals surface area contributed by atoms with Crippen molar-refractivity contribution in [3.05, 3.63) is 0 Å². The summed E-state index contributed by atoms with van der Waals surface area (Å²) in [6.45, 7) is 7.80. The first-order valence-electron chi connectivity index (χ1n) is 8.89. The van der Waals surface area contributed by atoms with Crippen LogP contribution in [0.3, 0.4) is 0 Å². The Kier molecular flexibility index (Phi) is 6.07. The van der Waals surface area contributed by atoms with Gasteiger partial charge in [-0.15, -0.1) is 0 Å².